The number of rotatable bonds is 3. The van der Waals surface area contributed by atoms with Gasteiger partial charge in [-0.1, -0.05) is 6.07 Å². The van der Waals surface area contributed by atoms with Crippen LogP contribution in [0.2, 0.25) is 0 Å². The first-order chi connectivity index (χ1) is 9.91. The molecule has 1 fully saturated rings. The van der Waals surface area contributed by atoms with Crippen LogP contribution in [0.4, 0.5) is 0 Å². The molecule has 7 heteroatoms. The Balaban J connectivity index is 2.52. The Morgan fingerprint density at radius 2 is 1.55 bits per heavy atom. The van der Waals surface area contributed by atoms with E-state index in [-0.39, 0.29) is 4.90 Å². The van der Waals surface area contributed by atoms with Crippen LogP contribution in [0.25, 0.3) is 0 Å². The highest BCUT2D eigenvalue weighted by molar-refractivity contribution is 7.89. The summed E-state index contributed by atoms with van der Waals surface area (Å²) in [4.78, 5) is 0.264. The third-order valence-electron chi connectivity index (χ3n) is 4.73. The van der Waals surface area contributed by atoms with E-state index < -0.39 is 28.3 Å². The Kier molecular flexibility index (Phi) is 4.24. The topological polar surface area (TPSA) is 64.6 Å². The van der Waals surface area contributed by atoms with Crippen molar-refractivity contribution in [3.63, 3.8) is 0 Å². The zero-order chi connectivity index (χ0) is 16.9. The zero-order valence-electron chi connectivity index (χ0n) is 14.3. The van der Waals surface area contributed by atoms with Gasteiger partial charge in [-0.25, -0.2) is 13.1 Å². The minimum atomic E-state index is -3.52. The number of benzene rings is 1. The average molecular weight is 325 g/mol. The number of nitrogens with one attached hydrogen (secondary N) is 1. The Hall–Kier alpha value is -0.885. The van der Waals surface area contributed by atoms with Crippen molar-refractivity contribution in [3.8, 4) is 0 Å². The van der Waals surface area contributed by atoms with Crippen LogP contribution in [0.15, 0.2) is 17.0 Å². The van der Waals surface area contributed by atoms with Crippen molar-refractivity contribution in [3.05, 3.63) is 23.3 Å². The number of sulfonamides is 1. The lowest BCUT2D eigenvalue weighted by Crippen LogP contribution is -2.41. The van der Waals surface area contributed by atoms with Crippen LogP contribution in [-0.4, -0.2) is 33.8 Å². The second kappa shape index (κ2) is 5.34. The maximum atomic E-state index is 12.2. The summed E-state index contributed by atoms with van der Waals surface area (Å²) < 4.78 is 38.8. The monoisotopic (exact) mass is 325 g/mol. The molecule has 0 saturated carbocycles. The van der Waals surface area contributed by atoms with Crippen LogP contribution in [0, 0.1) is 13.8 Å². The molecule has 1 saturated heterocycles. The van der Waals surface area contributed by atoms with E-state index >= 15 is 0 Å². The fourth-order valence-electron chi connectivity index (χ4n) is 2.36. The first kappa shape index (κ1) is 17.5. The molecule has 1 aliphatic rings. The van der Waals surface area contributed by atoms with Crippen molar-refractivity contribution in [2.24, 2.45) is 0 Å². The highest BCUT2D eigenvalue weighted by atomic mass is 32.2. The Labute approximate surface area is 133 Å². The van der Waals surface area contributed by atoms with E-state index in [1.807, 2.05) is 40.7 Å². The van der Waals surface area contributed by atoms with Crippen LogP contribution in [-0.2, 0) is 19.3 Å². The Morgan fingerprint density at radius 3 is 2.00 bits per heavy atom. The summed E-state index contributed by atoms with van der Waals surface area (Å²) in [5, 5.41) is 0. The molecule has 1 aromatic carbocycles. The standard InChI is InChI=1S/C15H24BNO4S/c1-10-8-12(9-13(11(10)2)22(18,19)17-7)16-20-14(3,4)15(5,6)21-16/h8-9,17H,1-7H3. The van der Waals surface area contributed by atoms with Crippen molar-refractivity contribution < 1.29 is 17.7 Å². The van der Waals surface area contributed by atoms with Gasteiger partial charge in [0.05, 0.1) is 16.1 Å². The zero-order valence-corrected chi connectivity index (χ0v) is 15.1. The molecule has 22 heavy (non-hydrogen) atoms. The quantitative estimate of drug-likeness (QED) is 0.856. The van der Waals surface area contributed by atoms with E-state index in [9.17, 15) is 8.42 Å². The lowest BCUT2D eigenvalue weighted by molar-refractivity contribution is 0.00578. The molecule has 0 atom stereocenters. The summed E-state index contributed by atoms with van der Waals surface area (Å²) >= 11 is 0. The van der Waals surface area contributed by atoms with E-state index in [1.54, 1.807) is 13.0 Å². The van der Waals surface area contributed by atoms with E-state index in [0.29, 0.717) is 0 Å². The summed E-state index contributed by atoms with van der Waals surface area (Å²) in [5.41, 5.74) is 1.42. The van der Waals surface area contributed by atoms with Crippen LogP contribution < -0.4 is 10.2 Å². The Morgan fingerprint density at radius 1 is 1.05 bits per heavy atom. The van der Waals surface area contributed by atoms with Crippen molar-refractivity contribution in [2.75, 3.05) is 7.05 Å². The summed E-state index contributed by atoms with van der Waals surface area (Å²) in [6.07, 6.45) is 0. The molecule has 0 aliphatic carbocycles. The number of aryl methyl sites for hydroxylation is 1. The molecule has 122 valence electrons. The van der Waals surface area contributed by atoms with E-state index in [4.69, 9.17) is 9.31 Å². The van der Waals surface area contributed by atoms with Crippen LogP contribution in [0.5, 0.6) is 0 Å². The third-order valence-corrected chi connectivity index (χ3v) is 6.27. The minimum absolute atomic E-state index is 0.264. The van der Waals surface area contributed by atoms with Crippen LogP contribution in [0.1, 0.15) is 38.8 Å². The van der Waals surface area contributed by atoms with Gasteiger partial charge in [0.25, 0.3) is 0 Å². The summed E-state index contributed by atoms with van der Waals surface area (Å²) in [6.45, 7) is 11.6. The molecule has 0 amide bonds. The van der Waals surface area contributed by atoms with Gasteiger partial charge in [-0.05, 0) is 71.2 Å². The maximum Gasteiger partial charge on any atom is 0.494 e. The normalized spacial score (nSPS) is 20.4. The molecule has 1 heterocycles. The van der Waals surface area contributed by atoms with Gasteiger partial charge in [0.2, 0.25) is 10.0 Å². The smallest absolute Gasteiger partial charge is 0.399 e. The predicted molar refractivity (Wildman–Crippen MR) is 87.9 cm³/mol. The number of hydrogen-bond acceptors (Lipinski definition) is 4. The van der Waals surface area contributed by atoms with Gasteiger partial charge in [0.15, 0.2) is 0 Å². The maximum absolute atomic E-state index is 12.2. The molecule has 2 rings (SSSR count). The van der Waals surface area contributed by atoms with Gasteiger partial charge in [0, 0.05) is 0 Å². The minimum Gasteiger partial charge on any atom is -0.399 e. The summed E-state index contributed by atoms with van der Waals surface area (Å²) in [6, 6.07) is 3.56. The van der Waals surface area contributed by atoms with E-state index in [1.165, 1.54) is 7.05 Å². The average Bonchev–Trinajstić information content (AvgIpc) is 2.61. The molecule has 1 N–H and O–H groups in total. The lowest BCUT2D eigenvalue weighted by atomic mass is 9.78. The van der Waals surface area contributed by atoms with Crippen LogP contribution in [0.3, 0.4) is 0 Å². The fourth-order valence-corrected chi connectivity index (χ4v) is 3.43. The highest BCUT2D eigenvalue weighted by Gasteiger charge is 2.51. The van der Waals surface area contributed by atoms with Gasteiger partial charge in [-0.3, -0.25) is 0 Å². The SMILES string of the molecule is CNS(=O)(=O)c1cc(B2OC(C)(C)C(C)(C)O2)cc(C)c1C. The molecule has 1 aliphatic heterocycles. The predicted octanol–water partition coefficient (Wildman–Crippen LogP) is 1.51. The highest BCUT2D eigenvalue weighted by Crippen LogP contribution is 2.36. The van der Waals surface area contributed by atoms with Crippen molar-refractivity contribution in [2.45, 2.75) is 57.6 Å². The molecule has 0 radical (unpaired) electrons. The largest absolute Gasteiger partial charge is 0.494 e. The first-order valence-electron chi connectivity index (χ1n) is 7.31. The molecule has 0 bridgehead atoms. The first-order valence-corrected chi connectivity index (χ1v) is 8.80. The molecular formula is C15H24BNO4S. The summed E-state index contributed by atoms with van der Waals surface area (Å²) in [7, 11) is -2.69. The third kappa shape index (κ3) is 2.83. The van der Waals surface area contributed by atoms with Gasteiger partial charge < -0.3 is 9.31 Å². The van der Waals surface area contributed by atoms with E-state index in [2.05, 4.69) is 4.72 Å². The molecule has 1 aromatic rings. The molecule has 0 unspecified atom stereocenters. The molecular weight excluding hydrogens is 301 g/mol. The second-order valence-corrected chi connectivity index (χ2v) is 8.61. The van der Waals surface area contributed by atoms with Crippen molar-refractivity contribution in [1.82, 2.24) is 4.72 Å². The fraction of sp³-hybridized carbons (Fsp3) is 0.600. The second-order valence-electron chi connectivity index (χ2n) is 6.76. The molecule has 0 aromatic heterocycles. The van der Waals surface area contributed by atoms with E-state index in [0.717, 1.165) is 16.6 Å². The van der Waals surface area contributed by atoms with Gasteiger partial charge in [-0.15, -0.1) is 0 Å². The van der Waals surface area contributed by atoms with Gasteiger partial charge in [0.1, 0.15) is 0 Å². The summed E-state index contributed by atoms with van der Waals surface area (Å²) in [5.74, 6) is 0. The van der Waals surface area contributed by atoms with Crippen molar-refractivity contribution in [1.29, 1.82) is 0 Å². The van der Waals surface area contributed by atoms with Crippen LogP contribution >= 0.6 is 0 Å². The number of hydrogen-bond donors (Lipinski definition) is 1. The molecule has 0 spiro atoms. The Bertz CT molecular complexity index is 682. The van der Waals surface area contributed by atoms with Crippen molar-refractivity contribution >= 4 is 22.6 Å². The lowest BCUT2D eigenvalue weighted by Gasteiger charge is -2.32. The van der Waals surface area contributed by atoms with Gasteiger partial charge in [-0.2, -0.15) is 0 Å². The molecule has 5 nitrogen and oxygen atoms in total. The van der Waals surface area contributed by atoms with Gasteiger partial charge >= 0.3 is 7.12 Å².